The summed E-state index contributed by atoms with van der Waals surface area (Å²) in [5.41, 5.74) is 1.23. The molecule has 0 fully saturated rings. The summed E-state index contributed by atoms with van der Waals surface area (Å²) in [7, 11) is 1.95. The van der Waals surface area contributed by atoms with Gasteiger partial charge in [-0.05, 0) is 54.3 Å². The van der Waals surface area contributed by atoms with Crippen LogP contribution >= 0.6 is 22.6 Å². The van der Waals surface area contributed by atoms with Crippen molar-refractivity contribution in [3.05, 3.63) is 27.3 Å². The van der Waals surface area contributed by atoms with Crippen molar-refractivity contribution in [1.82, 2.24) is 5.32 Å². The average molecular weight is 305 g/mol. The third-order valence-electron chi connectivity index (χ3n) is 1.85. The van der Waals surface area contributed by atoms with Crippen LogP contribution in [0.2, 0.25) is 0 Å². The Bertz CT molecular complexity index is 289. The van der Waals surface area contributed by atoms with E-state index < -0.39 is 0 Å². The van der Waals surface area contributed by atoms with Gasteiger partial charge >= 0.3 is 0 Å². The number of halogens is 1. The summed E-state index contributed by atoms with van der Waals surface area (Å²) in [5, 5.41) is 3.14. The first kappa shape index (κ1) is 11.8. The minimum absolute atomic E-state index is 0.789. The molecule has 0 amide bonds. The monoisotopic (exact) mass is 305 g/mol. The maximum atomic E-state index is 5.65. The molecule has 0 atom stereocenters. The largest absolute Gasteiger partial charge is 0.493 e. The van der Waals surface area contributed by atoms with Crippen LogP contribution in [-0.2, 0) is 6.54 Å². The number of benzene rings is 1. The van der Waals surface area contributed by atoms with E-state index in [1.54, 1.807) is 0 Å². The molecule has 0 saturated carbocycles. The molecule has 0 aromatic heterocycles. The SMILES string of the molecule is CCCOc1ccc(I)cc1CNC. The highest BCUT2D eigenvalue weighted by molar-refractivity contribution is 14.1. The molecule has 3 heteroatoms. The summed E-state index contributed by atoms with van der Waals surface area (Å²) in [6.07, 6.45) is 1.05. The van der Waals surface area contributed by atoms with Crippen LogP contribution < -0.4 is 10.1 Å². The van der Waals surface area contributed by atoms with Crippen molar-refractivity contribution in [3.63, 3.8) is 0 Å². The molecule has 0 aliphatic rings. The van der Waals surface area contributed by atoms with E-state index in [-0.39, 0.29) is 0 Å². The molecule has 0 saturated heterocycles. The van der Waals surface area contributed by atoms with Crippen molar-refractivity contribution in [2.24, 2.45) is 0 Å². The second kappa shape index (κ2) is 6.24. The number of ether oxygens (including phenoxy) is 1. The summed E-state index contributed by atoms with van der Waals surface area (Å²) >= 11 is 2.32. The van der Waals surface area contributed by atoms with Crippen LogP contribution in [0.15, 0.2) is 18.2 Å². The van der Waals surface area contributed by atoms with Gasteiger partial charge in [0.05, 0.1) is 6.61 Å². The second-order valence-electron chi connectivity index (χ2n) is 3.13. The lowest BCUT2D eigenvalue weighted by Gasteiger charge is -2.10. The molecule has 0 bridgehead atoms. The predicted molar refractivity (Wildman–Crippen MR) is 67.7 cm³/mol. The Kier molecular flexibility index (Phi) is 5.25. The van der Waals surface area contributed by atoms with Crippen LogP contribution in [0, 0.1) is 3.57 Å². The topological polar surface area (TPSA) is 21.3 Å². The van der Waals surface area contributed by atoms with Gasteiger partial charge in [0.25, 0.3) is 0 Å². The van der Waals surface area contributed by atoms with E-state index in [1.165, 1.54) is 9.13 Å². The Morgan fingerprint density at radius 2 is 2.21 bits per heavy atom. The summed E-state index contributed by atoms with van der Waals surface area (Å²) in [6, 6.07) is 6.27. The van der Waals surface area contributed by atoms with Gasteiger partial charge in [-0.15, -0.1) is 0 Å². The Balaban J connectivity index is 2.78. The van der Waals surface area contributed by atoms with Crippen molar-refractivity contribution in [2.75, 3.05) is 13.7 Å². The van der Waals surface area contributed by atoms with Crippen LogP contribution in [0.5, 0.6) is 5.75 Å². The lowest BCUT2D eigenvalue weighted by molar-refractivity contribution is 0.313. The van der Waals surface area contributed by atoms with Gasteiger partial charge in [-0.3, -0.25) is 0 Å². The van der Waals surface area contributed by atoms with E-state index in [0.717, 1.165) is 25.3 Å². The highest BCUT2D eigenvalue weighted by Gasteiger charge is 2.02. The zero-order valence-corrected chi connectivity index (χ0v) is 10.8. The first-order valence-electron chi connectivity index (χ1n) is 4.83. The smallest absolute Gasteiger partial charge is 0.123 e. The van der Waals surface area contributed by atoms with Gasteiger partial charge < -0.3 is 10.1 Å². The fraction of sp³-hybridized carbons (Fsp3) is 0.455. The molecular weight excluding hydrogens is 289 g/mol. The molecule has 1 N–H and O–H groups in total. The fourth-order valence-corrected chi connectivity index (χ4v) is 1.79. The molecule has 14 heavy (non-hydrogen) atoms. The molecule has 0 aliphatic carbocycles. The molecule has 2 nitrogen and oxygen atoms in total. The third-order valence-corrected chi connectivity index (χ3v) is 2.52. The molecule has 1 aromatic rings. The van der Waals surface area contributed by atoms with E-state index in [9.17, 15) is 0 Å². The maximum Gasteiger partial charge on any atom is 0.123 e. The minimum Gasteiger partial charge on any atom is -0.493 e. The molecule has 0 aliphatic heterocycles. The standard InChI is InChI=1S/C11H16INO/c1-3-6-14-11-5-4-10(12)7-9(11)8-13-2/h4-5,7,13H,3,6,8H2,1-2H3. The maximum absolute atomic E-state index is 5.65. The normalized spacial score (nSPS) is 10.2. The highest BCUT2D eigenvalue weighted by atomic mass is 127. The minimum atomic E-state index is 0.789. The first-order chi connectivity index (χ1) is 6.77. The molecule has 0 spiro atoms. The summed E-state index contributed by atoms with van der Waals surface area (Å²) in [5.74, 6) is 1.00. The molecular formula is C11H16INO. The molecule has 0 radical (unpaired) electrons. The van der Waals surface area contributed by atoms with Crippen molar-refractivity contribution in [2.45, 2.75) is 19.9 Å². The van der Waals surface area contributed by atoms with Crippen molar-refractivity contribution >= 4 is 22.6 Å². The number of nitrogens with one attached hydrogen (secondary N) is 1. The average Bonchev–Trinajstić information content (AvgIpc) is 2.17. The van der Waals surface area contributed by atoms with Crippen molar-refractivity contribution in [1.29, 1.82) is 0 Å². The van der Waals surface area contributed by atoms with Gasteiger partial charge in [-0.25, -0.2) is 0 Å². The van der Waals surface area contributed by atoms with E-state index >= 15 is 0 Å². The van der Waals surface area contributed by atoms with E-state index in [4.69, 9.17) is 4.74 Å². The van der Waals surface area contributed by atoms with Gasteiger partial charge in [-0.1, -0.05) is 6.92 Å². The van der Waals surface area contributed by atoms with Crippen LogP contribution in [0.4, 0.5) is 0 Å². The molecule has 0 heterocycles. The van der Waals surface area contributed by atoms with E-state index in [2.05, 4.69) is 47.0 Å². The Morgan fingerprint density at radius 1 is 1.43 bits per heavy atom. The quantitative estimate of drug-likeness (QED) is 0.845. The first-order valence-corrected chi connectivity index (χ1v) is 5.91. The molecule has 78 valence electrons. The lowest BCUT2D eigenvalue weighted by atomic mass is 10.2. The summed E-state index contributed by atoms with van der Waals surface area (Å²) < 4.78 is 6.90. The highest BCUT2D eigenvalue weighted by Crippen LogP contribution is 2.21. The predicted octanol–water partition coefficient (Wildman–Crippen LogP) is 2.80. The van der Waals surface area contributed by atoms with Gasteiger partial charge in [0.2, 0.25) is 0 Å². The number of hydrogen-bond donors (Lipinski definition) is 1. The Hall–Kier alpha value is -0.290. The number of hydrogen-bond acceptors (Lipinski definition) is 2. The Labute approximate surface area is 99.2 Å². The molecule has 0 unspecified atom stereocenters. The zero-order chi connectivity index (χ0) is 10.4. The zero-order valence-electron chi connectivity index (χ0n) is 8.64. The third kappa shape index (κ3) is 3.46. The molecule has 1 rings (SSSR count). The number of rotatable bonds is 5. The van der Waals surface area contributed by atoms with Gasteiger partial charge in [0, 0.05) is 15.7 Å². The van der Waals surface area contributed by atoms with Crippen molar-refractivity contribution in [3.8, 4) is 5.75 Å². The van der Waals surface area contributed by atoms with Gasteiger partial charge in [0.15, 0.2) is 0 Å². The lowest BCUT2D eigenvalue weighted by Crippen LogP contribution is -2.08. The molecule has 1 aromatic carbocycles. The second-order valence-corrected chi connectivity index (χ2v) is 4.38. The van der Waals surface area contributed by atoms with Gasteiger partial charge in [0.1, 0.15) is 5.75 Å². The van der Waals surface area contributed by atoms with Crippen LogP contribution in [0.1, 0.15) is 18.9 Å². The van der Waals surface area contributed by atoms with E-state index in [1.807, 2.05) is 13.1 Å². The van der Waals surface area contributed by atoms with Crippen molar-refractivity contribution < 1.29 is 4.74 Å². The van der Waals surface area contributed by atoms with E-state index in [0.29, 0.717) is 0 Å². The summed E-state index contributed by atoms with van der Waals surface area (Å²) in [4.78, 5) is 0. The van der Waals surface area contributed by atoms with Crippen LogP contribution in [0.25, 0.3) is 0 Å². The Morgan fingerprint density at radius 3 is 2.86 bits per heavy atom. The fourth-order valence-electron chi connectivity index (χ4n) is 1.23. The van der Waals surface area contributed by atoms with Gasteiger partial charge in [-0.2, -0.15) is 0 Å². The summed E-state index contributed by atoms with van der Waals surface area (Å²) in [6.45, 7) is 3.76. The van der Waals surface area contributed by atoms with Crippen LogP contribution in [0.3, 0.4) is 0 Å². The van der Waals surface area contributed by atoms with Crippen LogP contribution in [-0.4, -0.2) is 13.7 Å².